The zero-order chi connectivity index (χ0) is 18.4. The first-order chi connectivity index (χ1) is 12.3. The molecule has 0 aliphatic carbocycles. The van der Waals surface area contributed by atoms with Gasteiger partial charge in [0.15, 0.2) is 0 Å². The summed E-state index contributed by atoms with van der Waals surface area (Å²) in [5.41, 5.74) is 0. The molecular weight excluding hydrogens is 304 g/mol. The predicted molar refractivity (Wildman–Crippen MR) is 114 cm³/mol. The Kier molecular flexibility index (Phi) is 22.0. The highest BCUT2D eigenvalue weighted by atomic mass is 16.5. The SMILES string of the molecule is CCCCCCCCCCCCCCCCCCCCC(C)OCC. The van der Waals surface area contributed by atoms with Crippen LogP contribution in [0, 0.1) is 0 Å². The second kappa shape index (κ2) is 22.0. The summed E-state index contributed by atoms with van der Waals surface area (Å²) in [6.07, 6.45) is 27.8. The summed E-state index contributed by atoms with van der Waals surface area (Å²) in [4.78, 5) is 0. The summed E-state index contributed by atoms with van der Waals surface area (Å²) in [5.74, 6) is 0. The molecule has 152 valence electrons. The van der Waals surface area contributed by atoms with E-state index in [2.05, 4.69) is 20.8 Å². The van der Waals surface area contributed by atoms with Crippen molar-refractivity contribution in [2.75, 3.05) is 6.61 Å². The molecule has 1 nitrogen and oxygen atoms in total. The summed E-state index contributed by atoms with van der Waals surface area (Å²) < 4.78 is 5.57. The molecule has 0 aromatic rings. The molecule has 0 N–H and O–H groups in total. The van der Waals surface area contributed by atoms with Gasteiger partial charge < -0.3 is 4.74 Å². The van der Waals surface area contributed by atoms with Gasteiger partial charge in [-0.3, -0.25) is 0 Å². The van der Waals surface area contributed by atoms with E-state index in [0.717, 1.165) is 6.61 Å². The van der Waals surface area contributed by atoms with Crippen molar-refractivity contribution in [1.82, 2.24) is 0 Å². The molecule has 0 radical (unpaired) electrons. The minimum absolute atomic E-state index is 0.464. The minimum atomic E-state index is 0.464. The Hall–Kier alpha value is -0.0400. The van der Waals surface area contributed by atoms with E-state index in [1.807, 2.05) is 0 Å². The Labute approximate surface area is 160 Å². The van der Waals surface area contributed by atoms with Crippen LogP contribution in [-0.4, -0.2) is 12.7 Å². The fraction of sp³-hybridized carbons (Fsp3) is 1.00. The average Bonchev–Trinajstić information content (AvgIpc) is 2.61. The maximum Gasteiger partial charge on any atom is 0.0546 e. The fourth-order valence-corrected chi connectivity index (χ4v) is 3.70. The Morgan fingerprint density at radius 3 is 1.12 bits per heavy atom. The number of rotatable bonds is 21. The molecule has 25 heavy (non-hydrogen) atoms. The Balaban J connectivity index is 3.00. The maximum atomic E-state index is 5.57. The zero-order valence-electron chi connectivity index (χ0n) is 18.1. The van der Waals surface area contributed by atoms with Crippen LogP contribution in [0.2, 0.25) is 0 Å². The summed E-state index contributed by atoms with van der Waals surface area (Å²) in [6, 6.07) is 0. The normalized spacial score (nSPS) is 12.6. The van der Waals surface area contributed by atoms with Crippen LogP contribution >= 0.6 is 0 Å². The van der Waals surface area contributed by atoms with Gasteiger partial charge in [-0.1, -0.05) is 122 Å². The zero-order valence-corrected chi connectivity index (χ0v) is 18.1. The van der Waals surface area contributed by atoms with Crippen LogP contribution in [0.1, 0.15) is 143 Å². The highest BCUT2D eigenvalue weighted by molar-refractivity contribution is 4.53. The molecule has 0 saturated heterocycles. The predicted octanol–water partition coefficient (Wildman–Crippen LogP) is 8.84. The van der Waals surface area contributed by atoms with E-state index in [4.69, 9.17) is 4.74 Å². The van der Waals surface area contributed by atoms with E-state index >= 15 is 0 Å². The Bertz CT molecular complexity index is 226. The lowest BCUT2D eigenvalue weighted by atomic mass is 10.0. The van der Waals surface area contributed by atoms with Crippen molar-refractivity contribution >= 4 is 0 Å². The van der Waals surface area contributed by atoms with Gasteiger partial charge in [0.1, 0.15) is 0 Å². The quantitative estimate of drug-likeness (QED) is 0.187. The van der Waals surface area contributed by atoms with Gasteiger partial charge in [-0.25, -0.2) is 0 Å². The van der Waals surface area contributed by atoms with Crippen molar-refractivity contribution in [3.05, 3.63) is 0 Å². The van der Waals surface area contributed by atoms with E-state index in [-0.39, 0.29) is 0 Å². The molecule has 0 aromatic heterocycles. The van der Waals surface area contributed by atoms with E-state index < -0.39 is 0 Å². The average molecular weight is 355 g/mol. The molecule has 0 fully saturated rings. The van der Waals surface area contributed by atoms with Gasteiger partial charge in [0, 0.05) is 6.61 Å². The molecule has 0 aliphatic heterocycles. The minimum Gasteiger partial charge on any atom is -0.379 e. The highest BCUT2D eigenvalue weighted by Crippen LogP contribution is 2.15. The monoisotopic (exact) mass is 354 g/mol. The first-order valence-electron chi connectivity index (χ1n) is 11.9. The maximum absolute atomic E-state index is 5.57. The lowest BCUT2D eigenvalue weighted by molar-refractivity contribution is 0.0683. The van der Waals surface area contributed by atoms with Gasteiger partial charge in [0.05, 0.1) is 6.10 Å². The van der Waals surface area contributed by atoms with Crippen molar-refractivity contribution in [3.8, 4) is 0 Å². The number of hydrogen-bond acceptors (Lipinski definition) is 1. The van der Waals surface area contributed by atoms with Gasteiger partial charge in [0.25, 0.3) is 0 Å². The molecule has 0 amide bonds. The standard InChI is InChI=1S/C24H50O/c1-4-6-7-8-9-10-11-12-13-14-15-16-17-18-19-20-21-22-23-24(3)25-5-2/h24H,4-23H2,1-3H3. The Morgan fingerprint density at radius 1 is 0.480 bits per heavy atom. The molecular formula is C24H50O. The van der Waals surface area contributed by atoms with Gasteiger partial charge >= 0.3 is 0 Å². The number of hydrogen-bond donors (Lipinski definition) is 0. The van der Waals surface area contributed by atoms with Crippen LogP contribution in [0.5, 0.6) is 0 Å². The van der Waals surface area contributed by atoms with E-state index in [1.54, 1.807) is 0 Å². The van der Waals surface area contributed by atoms with Crippen molar-refractivity contribution in [2.24, 2.45) is 0 Å². The lowest BCUT2D eigenvalue weighted by Crippen LogP contribution is -2.07. The molecule has 0 aromatic carbocycles. The molecule has 0 bridgehead atoms. The highest BCUT2D eigenvalue weighted by Gasteiger charge is 2.00. The van der Waals surface area contributed by atoms with Crippen molar-refractivity contribution in [2.45, 2.75) is 149 Å². The molecule has 0 spiro atoms. The van der Waals surface area contributed by atoms with Gasteiger partial charge in [-0.15, -0.1) is 0 Å². The molecule has 1 unspecified atom stereocenters. The summed E-state index contributed by atoms with van der Waals surface area (Å²) in [5, 5.41) is 0. The van der Waals surface area contributed by atoms with E-state index in [1.165, 1.54) is 122 Å². The fourth-order valence-electron chi connectivity index (χ4n) is 3.70. The van der Waals surface area contributed by atoms with Gasteiger partial charge in [-0.05, 0) is 20.3 Å². The second-order valence-electron chi connectivity index (χ2n) is 8.07. The van der Waals surface area contributed by atoms with E-state index in [0.29, 0.717) is 6.10 Å². The van der Waals surface area contributed by atoms with Crippen molar-refractivity contribution < 1.29 is 4.74 Å². The summed E-state index contributed by atoms with van der Waals surface area (Å²) in [7, 11) is 0. The Morgan fingerprint density at radius 2 is 0.800 bits per heavy atom. The largest absolute Gasteiger partial charge is 0.379 e. The second-order valence-corrected chi connectivity index (χ2v) is 8.07. The number of unbranched alkanes of at least 4 members (excludes halogenated alkanes) is 17. The third kappa shape index (κ3) is 21.9. The molecule has 0 heterocycles. The van der Waals surface area contributed by atoms with Gasteiger partial charge in [-0.2, -0.15) is 0 Å². The molecule has 1 atom stereocenters. The topological polar surface area (TPSA) is 9.23 Å². The van der Waals surface area contributed by atoms with Crippen LogP contribution in [0.15, 0.2) is 0 Å². The molecule has 0 aliphatic rings. The molecule has 1 heteroatoms. The van der Waals surface area contributed by atoms with Crippen LogP contribution in [0.3, 0.4) is 0 Å². The van der Waals surface area contributed by atoms with Crippen LogP contribution < -0.4 is 0 Å². The number of ether oxygens (including phenoxy) is 1. The van der Waals surface area contributed by atoms with Crippen LogP contribution in [-0.2, 0) is 4.74 Å². The summed E-state index contributed by atoms with van der Waals surface area (Å²) in [6.45, 7) is 7.45. The van der Waals surface area contributed by atoms with Crippen LogP contribution in [0.25, 0.3) is 0 Å². The first-order valence-corrected chi connectivity index (χ1v) is 11.9. The van der Waals surface area contributed by atoms with Crippen molar-refractivity contribution in [1.29, 1.82) is 0 Å². The van der Waals surface area contributed by atoms with E-state index in [9.17, 15) is 0 Å². The first kappa shape index (κ1) is 25.0. The lowest BCUT2D eigenvalue weighted by Gasteiger charge is -2.10. The smallest absolute Gasteiger partial charge is 0.0546 e. The van der Waals surface area contributed by atoms with Gasteiger partial charge in [0.2, 0.25) is 0 Å². The summed E-state index contributed by atoms with van der Waals surface area (Å²) >= 11 is 0. The van der Waals surface area contributed by atoms with Crippen molar-refractivity contribution in [3.63, 3.8) is 0 Å². The third-order valence-electron chi connectivity index (χ3n) is 5.42. The molecule has 0 saturated carbocycles. The molecule has 0 rings (SSSR count). The third-order valence-corrected chi connectivity index (χ3v) is 5.42. The van der Waals surface area contributed by atoms with Crippen LogP contribution in [0.4, 0.5) is 0 Å².